The van der Waals surface area contributed by atoms with Crippen molar-refractivity contribution in [3.8, 4) is 0 Å². The van der Waals surface area contributed by atoms with Crippen LogP contribution in [0.2, 0.25) is 0 Å². The highest BCUT2D eigenvalue weighted by atomic mass is 19.1. The summed E-state index contributed by atoms with van der Waals surface area (Å²) in [5.74, 6) is -0.701. The first-order chi connectivity index (χ1) is 12.0. The first-order valence-corrected chi connectivity index (χ1v) is 8.59. The van der Waals surface area contributed by atoms with Crippen LogP contribution in [0.5, 0.6) is 0 Å². The normalized spacial score (nSPS) is 19.8. The molecular formula is C20H22F2N2O. The van der Waals surface area contributed by atoms with E-state index in [9.17, 15) is 13.6 Å². The Balaban J connectivity index is 1.84. The van der Waals surface area contributed by atoms with Gasteiger partial charge in [-0.3, -0.25) is 4.79 Å². The number of amides is 1. The fourth-order valence-electron chi connectivity index (χ4n) is 3.39. The van der Waals surface area contributed by atoms with E-state index in [1.165, 1.54) is 23.1 Å². The molecule has 0 unspecified atom stereocenters. The third-order valence-electron chi connectivity index (χ3n) is 4.88. The fraction of sp³-hybridized carbons (Fsp3) is 0.350. The Kier molecular flexibility index (Phi) is 5.43. The van der Waals surface area contributed by atoms with Gasteiger partial charge in [0.1, 0.15) is 11.6 Å². The second-order valence-electron chi connectivity index (χ2n) is 6.61. The first-order valence-electron chi connectivity index (χ1n) is 8.59. The Morgan fingerprint density at radius 3 is 2.44 bits per heavy atom. The number of carbonyl (C=O) groups is 1. The minimum Gasteiger partial charge on any atom is -0.327 e. The minimum absolute atomic E-state index is 0.0347. The number of nitrogens with two attached hydrogens (primary N) is 1. The second kappa shape index (κ2) is 7.74. The van der Waals surface area contributed by atoms with Gasteiger partial charge in [0.2, 0.25) is 5.91 Å². The molecule has 2 aromatic carbocycles. The van der Waals surface area contributed by atoms with Crippen molar-refractivity contribution in [2.75, 3.05) is 4.90 Å². The monoisotopic (exact) mass is 344 g/mol. The zero-order valence-electron chi connectivity index (χ0n) is 14.0. The molecule has 1 saturated carbocycles. The van der Waals surface area contributed by atoms with Crippen molar-refractivity contribution < 1.29 is 13.6 Å². The van der Waals surface area contributed by atoms with E-state index >= 15 is 0 Å². The van der Waals surface area contributed by atoms with Crippen molar-refractivity contribution in [2.24, 2.45) is 11.7 Å². The first kappa shape index (κ1) is 17.5. The van der Waals surface area contributed by atoms with Gasteiger partial charge < -0.3 is 10.6 Å². The molecule has 0 bridgehead atoms. The summed E-state index contributed by atoms with van der Waals surface area (Å²) in [6.45, 7) is 0.110. The molecule has 2 N–H and O–H groups in total. The van der Waals surface area contributed by atoms with Crippen LogP contribution in [0.4, 0.5) is 14.5 Å². The fourth-order valence-corrected chi connectivity index (χ4v) is 3.39. The number of hydrogen-bond acceptors (Lipinski definition) is 2. The summed E-state index contributed by atoms with van der Waals surface area (Å²) in [5, 5.41) is 0. The lowest BCUT2D eigenvalue weighted by atomic mass is 9.99. The smallest absolute Gasteiger partial charge is 0.227 e. The number of carbonyl (C=O) groups excluding carboxylic acids is 1. The van der Waals surface area contributed by atoms with Crippen molar-refractivity contribution in [3.05, 3.63) is 65.7 Å². The SMILES string of the molecule is N[C@@H]1CCC[C@H]1CC(=O)N(Cc1ccccc1F)c1ccc(F)cc1. The molecule has 1 aliphatic carbocycles. The van der Waals surface area contributed by atoms with E-state index < -0.39 is 0 Å². The van der Waals surface area contributed by atoms with Crippen molar-refractivity contribution in [2.45, 2.75) is 38.3 Å². The summed E-state index contributed by atoms with van der Waals surface area (Å²) in [5.41, 5.74) is 7.07. The highest BCUT2D eigenvalue weighted by molar-refractivity contribution is 5.93. The zero-order valence-corrected chi connectivity index (χ0v) is 14.0. The molecule has 3 rings (SSSR count). The number of hydrogen-bond donors (Lipinski definition) is 1. The van der Waals surface area contributed by atoms with Crippen LogP contribution in [0.1, 0.15) is 31.2 Å². The molecule has 2 atom stereocenters. The summed E-state index contributed by atoms with van der Waals surface area (Å²) < 4.78 is 27.3. The molecule has 0 aliphatic heterocycles. The molecule has 0 spiro atoms. The molecular weight excluding hydrogens is 322 g/mol. The molecule has 0 aromatic heterocycles. The Morgan fingerprint density at radius 1 is 1.08 bits per heavy atom. The van der Waals surface area contributed by atoms with Gasteiger partial charge in [-0.1, -0.05) is 24.6 Å². The third kappa shape index (κ3) is 4.23. The summed E-state index contributed by atoms with van der Waals surface area (Å²) in [6, 6.07) is 12.1. The Bertz CT molecular complexity index is 733. The van der Waals surface area contributed by atoms with Crippen molar-refractivity contribution in [1.29, 1.82) is 0 Å². The maximum Gasteiger partial charge on any atom is 0.227 e. The molecule has 5 heteroatoms. The topological polar surface area (TPSA) is 46.3 Å². The Morgan fingerprint density at radius 2 is 1.80 bits per heavy atom. The molecule has 0 saturated heterocycles. The van der Waals surface area contributed by atoms with Crippen molar-refractivity contribution in [1.82, 2.24) is 0 Å². The van der Waals surface area contributed by atoms with Gasteiger partial charge in [-0.2, -0.15) is 0 Å². The van der Waals surface area contributed by atoms with Gasteiger partial charge >= 0.3 is 0 Å². The number of benzene rings is 2. The summed E-state index contributed by atoms with van der Waals surface area (Å²) >= 11 is 0. The maximum absolute atomic E-state index is 14.0. The summed E-state index contributed by atoms with van der Waals surface area (Å²) in [6.07, 6.45) is 3.22. The van der Waals surface area contributed by atoms with Gasteiger partial charge in [0, 0.05) is 23.7 Å². The lowest BCUT2D eigenvalue weighted by Gasteiger charge is -2.26. The van der Waals surface area contributed by atoms with E-state index in [1.807, 2.05) is 0 Å². The average Bonchev–Trinajstić information content (AvgIpc) is 3.00. The van der Waals surface area contributed by atoms with E-state index in [4.69, 9.17) is 5.73 Å². The average molecular weight is 344 g/mol. The molecule has 2 aromatic rings. The number of rotatable bonds is 5. The van der Waals surface area contributed by atoms with E-state index in [0.29, 0.717) is 17.7 Å². The molecule has 3 nitrogen and oxygen atoms in total. The van der Waals surface area contributed by atoms with E-state index in [0.717, 1.165) is 19.3 Å². The number of anilines is 1. The predicted molar refractivity (Wildman–Crippen MR) is 93.9 cm³/mol. The minimum atomic E-state index is -0.375. The Labute approximate surface area is 146 Å². The standard InChI is InChI=1S/C20H22F2N2O/c21-16-8-10-17(11-9-16)24(13-15-4-1-2-6-18(15)22)20(25)12-14-5-3-7-19(14)23/h1-2,4,6,8-11,14,19H,3,5,7,12-13,23H2/t14-,19+/m0/s1. The molecule has 0 heterocycles. The highest BCUT2D eigenvalue weighted by Gasteiger charge is 2.28. The van der Waals surface area contributed by atoms with Gasteiger partial charge in [0.25, 0.3) is 0 Å². The van der Waals surface area contributed by atoms with Crippen LogP contribution in [0.3, 0.4) is 0 Å². The lowest BCUT2D eigenvalue weighted by Crippen LogP contribution is -2.35. The quantitative estimate of drug-likeness (QED) is 0.891. The van der Waals surface area contributed by atoms with Crippen LogP contribution in [0.25, 0.3) is 0 Å². The highest BCUT2D eigenvalue weighted by Crippen LogP contribution is 2.29. The van der Waals surface area contributed by atoms with Crippen LogP contribution in [0, 0.1) is 17.6 Å². The summed E-state index contributed by atoms with van der Waals surface area (Å²) in [7, 11) is 0. The third-order valence-corrected chi connectivity index (χ3v) is 4.88. The number of halogens is 2. The largest absolute Gasteiger partial charge is 0.327 e. The van der Waals surface area contributed by atoms with Gasteiger partial charge in [-0.15, -0.1) is 0 Å². The van der Waals surface area contributed by atoms with Crippen LogP contribution < -0.4 is 10.6 Å². The van der Waals surface area contributed by atoms with E-state index in [-0.39, 0.29) is 36.0 Å². The van der Waals surface area contributed by atoms with Crippen molar-refractivity contribution in [3.63, 3.8) is 0 Å². The van der Waals surface area contributed by atoms with Gasteiger partial charge in [0.15, 0.2) is 0 Å². The zero-order chi connectivity index (χ0) is 17.8. The van der Waals surface area contributed by atoms with Crippen molar-refractivity contribution >= 4 is 11.6 Å². The van der Waals surface area contributed by atoms with Crippen LogP contribution in [-0.4, -0.2) is 11.9 Å². The van der Waals surface area contributed by atoms with Crippen LogP contribution in [0.15, 0.2) is 48.5 Å². The molecule has 132 valence electrons. The molecule has 1 amide bonds. The molecule has 1 aliphatic rings. The number of nitrogens with zero attached hydrogens (tertiary/aromatic N) is 1. The van der Waals surface area contributed by atoms with Gasteiger partial charge in [0.05, 0.1) is 6.54 Å². The second-order valence-corrected chi connectivity index (χ2v) is 6.61. The van der Waals surface area contributed by atoms with E-state index in [2.05, 4.69) is 0 Å². The molecule has 1 fully saturated rings. The maximum atomic E-state index is 14.0. The predicted octanol–water partition coefficient (Wildman–Crippen LogP) is 4.02. The molecule has 25 heavy (non-hydrogen) atoms. The Hall–Kier alpha value is -2.27. The van der Waals surface area contributed by atoms with Crippen LogP contribution >= 0.6 is 0 Å². The van der Waals surface area contributed by atoms with Gasteiger partial charge in [-0.25, -0.2) is 8.78 Å². The summed E-state index contributed by atoms with van der Waals surface area (Å²) in [4.78, 5) is 14.4. The van der Waals surface area contributed by atoms with E-state index in [1.54, 1.807) is 30.3 Å². The van der Waals surface area contributed by atoms with Crippen LogP contribution in [-0.2, 0) is 11.3 Å². The molecule has 0 radical (unpaired) electrons. The van der Waals surface area contributed by atoms with Gasteiger partial charge in [-0.05, 0) is 49.1 Å². The lowest BCUT2D eigenvalue weighted by molar-refractivity contribution is -0.119.